The van der Waals surface area contributed by atoms with E-state index in [1.165, 1.54) is 13.3 Å². The van der Waals surface area contributed by atoms with Gasteiger partial charge in [0, 0.05) is 5.69 Å². The molecule has 0 aliphatic carbocycles. The summed E-state index contributed by atoms with van der Waals surface area (Å²) in [6.45, 7) is 9.54. The standard InChI is InChI=1S/C11H10N2O2.C3H8.C2H6/c1-8(14)10(7-12)11(15)13-9-5-3-2-4-6-9;1-3-2;1-2/h2-6,14H,1H3,(H,13,15);3H2,1-2H3;1-2H3/b10-8-;;. The molecule has 2 N–H and O–H groups in total. The summed E-state index contributed by atoms with van der Waals surface area (Å²) >= 11 is 0. The number of hydrogen-bond acceptors (Lipinski definition) is 3. The third-order valence-corrected chi connectivity index (χ3v) is 1.73. The summed E-state index contributed by atoms with van der Waals surface area (Å²) in [6, 6.07) is 10.4. The fourth-order valence-corrected chi connectivity index (χ4v) is 1.01. The molecule has 0 heterocycles. The number of nitrogens with one attached hydrogen (secondary N) is 1. The summed E-state index contributed by atoms with van der Waals surface area (Å²) in [5.74, 6) is -0.894. The van der Waals surface area contributed by atoms with Crippen LogP contribution in [0.5, 0.6) is 0 Å². The van der Waals surface area contributed by atoms with Gasteiger partial charge in [-0.15, -0.1) is 0 Å². The number of benzene rings is 1. The first-order valence-corrected chi connectivity index (χ1v) is 6.73. The van der Waals surface area contributed by atoms with Crippen molar-refractivity contribution in [2.24, 2.45) is 0 Å². The van der Waals surface area contributed by atoms with E-state index >= 15 is 0 Å². The van der Waals surface area contributed by atoms with Gasteiger partial charge in [-0.25, -0.2) is 0 Å². The molecule has 0 saturated heterocycles. The van der Waals surface area contributed by atoms with Crippen molar-refractivity contribution in [3.05, 3.63) is 41.7 Å². The normalized spacial score (nSPS) is 9.60. The maximum Gasteiger partial charge on any atom is 0.269 e. The van der Waals surface area contributed by atoms with Crippen LogP contribution in [-0.2, 0) is 4.79 Å². The second-order valence-corrected chi connectivity index (χ2v) is 3.60. The highest BCUT2D eigenvalue weighted by Gasteiger charge is 2.11. The number of hydrogen-bond donors (Lipinski definition) is 2. The highest BCUT2D eigenvalue weighted by atomic mass is 16.3. The van der Waals surface area contributed by atoms with Crippen LogP contribution in [0.4, 0.5) is 5.69 Å². The van der Waals surface area contributed by atoms with Crippen molar-refractivity contribution in [2.45, 2.75) is 41.0 Å². The summed E-state index contributed by atoms with van der Waals surface area (Å²) in [5, 5.41) is 20.2. The maximum absolute atomic E-state index is 11.4. The van der Waals surface area contributed by atoms with Crippen molar-refractivity contribution < 1.29 is 9.90 Å². The highest BCUT2D eigenvalue weighted by molar-refractivity contribution is 6.06. The van der Waals surface area contributed by atoms with Crippen LogP contribution in [0, 0.1) is 11.3 Å². The predicted molar refractivity (Wildman–Crippen MR) is 83.3 cm³/mol. The van der Waals surface area contributed by atoms with Gasteiger partial charge in [0.1, 0.15) is 11.8 Å². The van der Waals surface area contributed by atoms with Gasteiger partial charge in [0.2, 0.25) is 0 Å². The van der Waals surface area contributed by atoms with Crippen molar-refractivity contribution in [3.8, 4) is 6.07 Å². The number of nitrogens with zero attached hydrogens (tertiary/aromatic N) is 1. The Balaban J connectivity index is 0. The molecular weight excluding hydrogens is 252 g/mol. The number of nitriles is 1. The van der Waals surface area contributed by atoms with E-state index in [2.05, 4.69) is 19.2 Å². The Morgan fingerprint density at radius 3 is 2.05 bits per heavy atom. The Labute approximate surface area is 121 Å². The third-order valence-electron chi connectivity index (χ3n) is 1.73. The lowest BCUT2D eigenvalue weighted by atomic mass is 10.2. The molecule has 0 spiro atoms. The lowest BCUT2D eigenvalue weighted by Crippen LogP contribution is -2.14. The molecule has 1 amide bonds. The predicted octanol–water partition coefficient (Wildman–Crippen LogP) is 4.42. The van der Waals surface area contributed by atoms with Crippen LogP contribution in [0.25, 0.3) is 0 Å². The van der Waals surface area contributed by atoms with Crippen molar-refractivity contribution in [1.82, 2.24) is 0 Å². The van der Waals surface area contributed by atoms with E-state index < -0.39 is 5.91 Å². The molecule has 0 fully saturated rings. The zero-order chi connectivity index (χ0) is 16.0. The van der Waals surface area contributed by atoms with E-state index in [1.54, 1.807) is 30.3 Å². The van der Waals surface area contributed by atoms with Gasteiger partial charge >= 0.3 is 0 Å². The van der Waals surface area contributed by atoms with Gasteiger partial charge in [-0.3, -0.25) is 4.79 Å². The van der Waals surface area contributed by atoms with E-state index in [0.717, 1.165) is 0 Å². The number of aliphatic hydroxyl groups is 1. The Morgan fingerprint density at radius 2 is 1.70 bits per heavy atom. The minimum absolute atomic E-state index is 0.279. The van der Waals surface area contributed by atoms with E-state index in [-0.39, 0.29) is 11.3 Å². The average molecular weight is 276 g/mol. The summed E-state index contributed by atoms with van der Waals surface area (Å²) in [5.41, 5.74) is 0.301. The van der Waals surface area contributed by atoms with Gasteiger partial charge in [0.25, 0.3) is 5.91 Å². The first-order valence-electron chi connectivity index (χ1n) is 6.73. The SMILES string of the molecule is C/C(O)=C(\C#N)C(=O)Nc1ccccc1.CC.CCC. The minimum Gasteiger partial charge on any atom is -0.511 e. The van der Waals surface area contributed by atoms with E-state index in [9.17, 15) is 4.79 Å². The molecule has 0 unspecified atom stereocenters. The number of para-hydroxylation sites is 1. The van der Waals surface area contributed by atoms with Crippen molar-refractivity contribution in [3.63, 3.8) is 0 Å². The number of carbonyl (C=O) groups is 1. The quantitative estimate of drug-likeness (QED) is 0.477. The summed E-state index contributed by atoms with van der Waals surface area (Å²) < 4.78 is 0. The average Bonchev–Trinajstić information content (AvgIpc) is 2.43. The summed E-state index contributed by atoms with van der Waals surface area (Å²) in [7, 11) is 0. The molecule has 0 saturated carbocycles. The Bertz CT molecular complexity index is 441. The van der Waals surface area contributed by atoms with Gasteiger partial charge in [-0.05, 0) is 19.1 Å². The third kappa shape index (κ3) is 8.76. The fourth-order valence-electron chi connectivity index (χ4n) is 1.01. The first-order chi connectivity index (χ1) is 9.56. The molecule has 0 aromatic heterocycles. The number of amides is 1. The van der Waals surface area contributed by atoms with Crippen LogP contribution >= 0.6 is 0 Å². The smallest absolute Gasteiger partial charge is 0.269 e. The van der Waals surface area contributed by atoms with Crippen molar-refractivity contribution in [1.29, 1.82) is 5.26 Å². The molecule has 0 aliphatic heterocycles. The highest BCUT2D eigenvalue weighted by Crippen LogP contribution is 2.08. The van der Waals surface area contributed by atoms with Crippen LogP contribution in [-0.4, -0.2) is 11.0 Å². The van der Waals surface area contributed by atoms with Crippen molar-refractivity contribution in [2.75, 3.05) is 5.32 Å². The van der Waals surface area contributed by atoms with Crippen molar-refractivity contribution >= 4 is 11.6 Å². The molecular formula is C16H24N2O2. The summed E-state index contributed by atoms with van der Waals surface area (Å²) in [6.07, 6.45) is 1.25. The largest absolute Gasteiger partial charge is 0.511 e. The van der Waals surface area contributed by atoms with Gasteiger partial charge in [-0.1, -0.05) is 52.3 Å². The van der Waals surface area contributed by atoms with Gasteiger partial charge in [0.05, 0.1) is 0 Å². The van der Waals surface area contributed by atoms with E-state index in [4.69, 9.17) is 10.4 Å². The number of anilines is 1. The topological polar surface area (TPSA) is 73.1 Å². The number of allylic oxidation sites excluding steroid dienone is 1. The molecule has 0 atom stereocenters. The Hall–Kier alpha value is -2.28. The zero-order valence-electron chi connectivity index (χ0n) is 12.9. The number of aliphatic hydroxyl groups excluding tert-OH is 1. The van der Waals surface area contributed by atoms with Crippen LogP contribution < -0.4 is 5.32 Å². The molecule has 110 valence electrons. The van der Waals surface area contributed by atoms with Crippen LogP contribution in [0.3, 0.4) is 0 Å². The zero-order valence-corrected chi connectivity index (χ0v) is 12.9. The number of rotatable bonds is 2. The molecule has 1 aromatic carbocycles. The monoisotopic (exact) mass is 276 g/mol. The number of carbonyl (C=O) groups excluding carboxylic acids is 1. The Kier molecular flexibility index (Phi) is 13.2. The molecule has 4 heteroatoms. The summed E-state index contributed by atoms with van der Waals surface area (Å²) in [4.78, 5) is 11.4. The molecule has 0 radical (unpaired) electrons. The van der Waals surface area contributed by atoms with Gasteiger partial charge in [-0.2, -0.15) is 5.26 Å². The molecule has 0 bridgehead atoms. The lowest BCUT2D eigenvalue weighted by molar-refractivity contribution is -0.112. The Morgan fingerprint density at radius 1 is 1.25 bits per heavy atom. The molecule has 1 rings (SSSR count). The minimum atomic E-state index is -0.608. The van der Waals surface area contributed by atoms with E-state index in [1.807, 2.05) is 19.9 Å². The van der Waals surface area contributed by atoms with E-state index in [0.29, 0.717) is 5.69 Å². The maximum atomic E-state index is 11.4. The second kappa shape index (κ2) is 13.2. The van der Waals surface area contributed by atoms with Gasteiger partial charge in [0.15, 0.2) is 5.57 Å². The fraction of sp³-hybridized carbons (Fsp3) is 0.375. The van der Waals surface area contributed by atoms with Gasteiger partial charge < -0.3 is 10.4 Å². The van der Waals surface area contributed by atoms with Crippen LogP contribution in [0.15, 0.2) is 41.7 Å². The molecule has 20 heavy (non-hydrogen) atoms. The van der Waals surface area contributed by atoms with Crippen LogP contribution in [0.1, 0.15) is 41.0 Å². The molecule has 4 nitrogen and oxygen atoms in total. The van der Waals surface area contributed by atoms with Crippen LogP contribution in [0.2, 0.25) is 0 Å². The lowest BCUT2D eigenvalue weighted by Gasteiger charge is -2.03. The molecule has 1 aromatic rings. The second-order valence-electron chi connectivity index (χ2n) is 3.60. The first kappa shape index (κ1) is 20.0. The molecule has 0 aliphatic rings.